The van der Waals surface area contributed by atoms with Crippen LogP contribution in [0.25, 0.3) is 10.8 Å². The maximum atomic E-state index is 13.4. The molecule has 0 radical (unpaired) electrons. The highest BCUT2D eigenvalue weighted by Gasteiger charge is 2.28. The van der Waals surface area contributed by atoms with Gasteiger partial charge in [0.15, 0.2) is 6.61 Å². The molecule has 7 heteroatoms. The number of halogens is 2. The fourth-order valence-corrected chi connectivity index (χ4v) is 4.85. The fourth-order valence-electron chi connectivity index (χ4n) is 4.53. The normalized spacial score (nSPS) is 14.9. The Morgan fingerprint density at radius 2 is 1.74 bits per heavy atom. The van der Waals surface area contributed by atoms with Crippen LogP contribution >= 0.6 is 23.2 Å². The van der Waals surface area contributed by atoms with Gasteiger partial charge in [0, 0.05) is 18.0 Å². The van der Waals surface area contributed by atoms with E-state index in [9.17, 15) is 9.59 Å². The van der Waals surface area contributed by atoms with E-state index < -0.39 is 6.04 Å². The standard InChI is InChI=1S/C28H30Cl2N2O3/c1-19(28(34)31-22-10-3-2-4-11-22)32(17-20-14-15-24(29)25(30)16-20)27(33)18-35-26-13-7-9-21-8-5-6-12-23(21)26/h5-9,12-16,19,22H,2-4,10-11,17-18H2,1H3,(H,31,34). The van der Waals surface area contributed by atoms with Crippen LogP contribution in [0, 0.1) is 0 Å². The van der Waals surface area contributed by atoms with Crippen molar-refractivity contribution < 1.29 is 14.3 Å². The molecule has 0 bridgehead atoms. The predicted molar refractivity (Wildman–Crippen MR) is 141 cm³/mol. The number of carbonyl (C=O) groups excluding carboxylic acids is 2. The van der Waals surface area contributed by atoms with E-state index in [0.717, 1.165) is 42.0 Å². The Morgan fingerprint density at radius 1 is 1.00 bits per heavy atom. The van der Waals surface area contributed by atoms with Crippen LogP contribution in [0.5, 0.6) is 5.75 Å². The molecule has 1 atom stereocenters. The van der Waals surface area contributed by atoms with Gasteiger partial charge in [-0.05, 0) is 48.9 Å². The van der Waals surface area contributed by atoms with Crippen LogP contribution in [0.2, 0.25) is 10.0 Å². The smallest absolute Gasteiger partial charge is 0.261 e. The van der Waals surface area contributed by atoms with Crippen molar-refractivity contribution in [3.63, 3.8) is 0 Å². The number of hydrogen-bond donors (Lipinski definition) is 1. The number of rotatable bonds is 8. The monoisotopic (exact) mass is 512 g/mol. The topological polar surface area (TPSA) is 58.6 Å². The van der Waals surface area contributed by atoms with Crippen molar-refractivity contribution >= 4 is 45.8 Å². The number of nitrogens with one attached hydrogen (secondary N) is 1. The molecule has 1 unspecified atom stereocenters. The van der Waals surface area contributed by atoms with Gasteiger partial charge in [-0.1, -0.05) is 84.9 Å². The van der Waals surface area contributed by atoms with Crippen molar-refractivity contribution in [3.05, 3.63) is 76.3 Å². The summed E-state index contributed by atoms with van der Waals surface area (Å²) in [5.74, 6) is 0.191. The molecule has 1 aliphatic carbocycles. The molecule has 0 saturated heterocycles. The molecular weight excluding hydrogens is 483 g/mol. The third-order valence-electron chi connectivity index (χ3n) is 6.56. The number of benzene rings is 3. The second kappa shape index (κ2) is 11.8. The van der Waals surface area contributed by atoms with E-state index in [1.165, 1.54) is 6.42 Å². The van der Waals surface area contributed by atoms with Crippen LogP contribution in [0.4, 0.5) is 0 Å². The molecule has 0 heterocycles. The molecule has 5 nitrogen and oxygen atoms in total. The van der Waals surface area contributed by atoms with Crippen molar-refractivity contribution in [2.24, 2.45) is 0 Å². The van der Waals surface area contributed by atoms with E-state index in [1.54, 1.807) is 24.0 Å². The SMILES string of the molecule is CC(C(=O)NC1CCCCC1)N(Cc1ccc(Cl)c(Cl)c1)C(=O)COc1cccc2ccccc12. The summed E-state index contributed by atoms with van der Waals surface area (Å²) >= 11 is 12.3. The molecule has 4 rings (SSSR count). The summed E-state index contributed by atoms with van der Waals surface area (Å²) in [5.41, 5.74) is 0.787. The van der Waals surface area contributed by atoms with Gasteiger partial charge in [-0.25, -0.2) is 0 Å². The molecule has 1 fully saturated rings. The molecular formula is C28H30Cl2N2O3. The van der Waals surface area contributed by atoms with Gasteiger partial charge in [0.25, 0.3) is 5.91 Å². The lowest BCUT2D eigenvalue weighted by atomic mass is 9.95. The molecule has 1 N–H and O–H groups in total. The highest BCUT2D eigenvalue weighted by molar-refractivity contribution is 6.42. The minimum absolute atomic E-state index is 0.157. The lowest BCUT2D eigenvalue weighted by Gasteiger charge is -2.31. The van der Waals surface area contributed by atoms with E-state index in [2.05, 4.69) is 5.32 Å². The summed E-state index contributed by atoms with van der Waals surface area (Å²) in [6.07, 6.45) is 5.39. The van der Waals surface area contributed by atoms with Gasteiger partial charge >= 0.3 is 0 Å². The predicted octanol–water partition coefficient (Wildman–Crippen LogP) is 6.39. The lowest BCUT2D eigenvalue weighted by molar-refractivity contribution is -0.142. The molecule has 1 saturated carbocycles. The average molecular weight is 513 g/mol. The van der Waals surface area contributed by atoms with Gasteiger partial charge in [-0.15, -0.1) is 0 Å². The summed E-state index contributed by atoms with van der Waals surface area (Å²) in [6.45, 7) is 1.79. The Labute approximate surface area is 216 Å². The first-order valence-corrected chi connectivity index (χ1v) is 12.8. The second-order valence-electron chi connectivity index (χ2n) is 9.06. The maximum Gasteiger partial charge on any atom is 0.261 e. The Hall–Kier alpha value is -2.76. The Balaban J connectivity index is 1.51. The fraction of sp³-hybridized carbons (Fsp3) is 0.357. The van der Waals surface area contributed by atoms with Gasteiger partial charge in [0.1, 0.15) is 11.8 Å². The molecule has 3 aromatic rings. The molecule has 0 spiro atoms. The van der Waals surface area contributed by atoms with Crippen LogP contribution in [0.3, 0.4) is 0 Å². The first-order valence-electron chi connectivity index (χ1n) is 12.1. The molecule has 1 aliphatic rings. The van der Waals surface area contributed by atoms with E-state index in [0.29, 0.717) is 15.8 Å². The zero-order valence-electron chi connectivity index (χ0n) is 19.8. The molecule has 2 amide bonds. The van der Waals surface area contributed by atoms with Crippen molar-refractivity contribution in [2.45, 2.75) is 57.7 Å². The van der Waals surface area contributed by atoms with E-state index in [1.807, 2.05) is 48.5 Å². The van der Waals surface area contributed by atoms with Gasteiger partial charge < -0.3 is 15.0 Å². The van der Waals surface area contributed by atoms with Crippen LogP contribution in [-0.2, 0) is 16.1 Å². The summed E-state index contributed by atoms with van der Waals surface area (Å²) in [7, 11) is 0. The summed E-state index contributed by atoms with van der Waals surface area (Å²) in [5, 5.41) is 5.95. The Kier molecular flexibility index (Phi) is 8.53. The summed E-state index contributed by atoms with van der Waals surface area (Å²) in [6, 6.07) is 18.3. The molecule has 35 heavy (non-hydrogen) atoms. The second-order valence-corrected chi connectivity index (χ2v) is 9.87. The van der Waals surface area contributed by atoms with Crippen molar-refractivity contribution in [2.75, 3.05) is 6.61 Å². The quantitative estimate of drug-likeness (QED) is 0.380. The maximum absolute atomic E-state index is 13.4. The van der Waals surface area contributed by atoms with Crippen LogP contribution in [0.15, 0.2) is 60.7 Å². The first-order chi connectivity index (χ1) is 16.9. The third kappa shape index (κ3) is 6.47. The van der Waals surface area contributed by atoms with Crippen molar-refractivity contribution in [1.82, 2.24) is 10.2 Å². The van der Waals surface area contributed by atoms with Crippen molar-refractivity contribution in [3.8, 4) is 5.75 Å². The van der Waals surface area contributed by atoms with E-state index in [-0.39, 0.29) is 31.0 Å². The first kappa shape index (κ1) is 25.3. The van der Waals surface area contributed by atoms with Crippen LogP contribution in [0.1, 0.15) is 44.6 Å². The zero-order valence-corrected chi connectivity index (χ0v) is 21.3. The van der Waals surface area contributed by atoms with Crippen molar-refractivity contribution in [1.29, 1.82) is 0 Å². The number of hydrogen-bond acceptors (Lipinski definition) is 3. The minimum atomic E-state index is -0.671. The Morgan fingerprint density at radius 3 is 2.51 bits per heavy atom. The van der Waals surface area contributed by atoms with Crippen LogP contribution in [-0.4, -0.2) is 35.4 Å². The highest BCUT2D eigenvalue weighted by atomic mass is 35.5. The highest BCUT2D eigenvalue weighted by Crippen LogP contribution is 2.26. The van der Waals surface area contributed by atoms with Gasteiger partial charge in [0.2, 0.25) is 5.91 Å². The van der Waals surface area contributed by atoms with Gasteiger partial charge in [0.05, 0.1) is 10.0 Å². The number of amides is 2. The minimum Gasteiger partial charge on any atom is -0.483 e. The molecule has 184 valence electrons. The average Bonchev–Trinajstić information content (AvgIpc) is 2.88. The number of fused-ring (bicyclic) bond motifs is 1. The largest absolute Gasteiger partial charge is 0.483 e. The molecule has 0 aliphatic heterocycles. The molecule has 0 aromatic heterocycles. The molecule has 3 aromatic carbocycles. The number of nitrogens with zero attached hydrogens (tertiary/aromatic N) is 1. The third-order valence-corrected chi connectivity index (χ3v) is 7.30. The zero-order chi connectivity index (χ0) is 24.8. The van der Waals surface area contributed by atoms with Gasteiger partial charge in [-0.2, -0.15) is 0 Å². The summed E-state index contributed by atoms with van der Waals surface area (Å²) < 4.78 is 5.95. The Bertz CT molecular complexity index is 1190. The van der Waals surface area contributed by atoms with Crippen LogP contribution < -0.4 is 10.1 Å². The van der Waals surface area contributed by atoms with Gasteiger partial charge in [-0.3, -0.25) is 9.59 Å². The van der Waals surface area contributed by atoms with E-state index >= 15 is 0 Å². The number of carbonyl (C=O) groups is 2. The van der Waals surface area contributed by atoms with E-state index in [4.69, 9.17) is 27.9 Å². The number of ether oxygens (including phenoxy) is 1. The lowest BCUT2D eigenvalue weighted by Crippen LogP contribution is -2.51. The summed E-state index contributed by atoms with van der Waals surface area (Å²) in [4.78, 5) is 28.1.